The van der Waals surface area contributed by atoms with Gasteiger partial charge in [0.2, 0.25) is 5.95 Å². The standard InChI is InChI=1S/C25H17ClN8O/c26-17-13-11-15(12-14-17)20-19-21(29-23(35)16-7-3-1-4-8-16)30-31-22(19)34-24(32-33-25(34)28-20)27-18-9-5-2-6-10-18/h1-14H,(H,27,32)(H2,29,30,31,35). The second kappa shape index (κ2) is 8.54. The first-order valence-corrected chi connectivity index (χ1v) is 11.1. The molecule has 0 radical (unpaired) electrons. The van der Waals surface area contributed by atoms with Crippen LogP contribution in [0.4, 0.5) is 17.5 Å². The summed E-state index contributed by atoms with van der Waals surface area (Å²) in [5.41, 5.74) is 3.24. The van der Waals surface area contributed by atoms with Crippen LogP contribution >= 0.6 is 11.6 Å². The minimum Gasteiger partial charge on any atom is -0.324 e. The molecule has 0 spiro atoms. The van der Waals surface area contributed by atoms with Crippen LogP contribution in [0.3, 0.4) is 0 Å². The molecule has 0 aliphatic rings. The Morgan fingerprint density at radius 1 is 0.886 bits per heavy atom. The first-order chi connectivity index (χ1) is 17.2. The minimum atomic E-state index is -0.273. The highest BCUT2D eigenvalue weighted by molar-refractivity contribution is 6.30. The Kier molecular flexibility index (Phi) is 5.08. The summed E-state index contributed by atoms with van der Waals surface area (Å²) in [6, 6.07) is 25.8. The quantitative estimate of drug-likeness (QED) is 0.308. The van der Waals surface area contributed by atoms with Crippen molar-refractivity contribution in [1.82, 2.24) is 29.8 Å². The summed E-state index contributed by atoms with van der Waals surface area (Å²) in [6.07, 6.45) is 0. The lowest BCUT2D eigenvalue weighted by Gasteiger charge is -2.09. The highest BCUT2D eigenvalue weighted by Gasteiger charge is 2.22. The largest absolute Gasteiger partial charge is 0.324 e. The smallest absolute Gasteiger partial charge is 0.258 e. The van der Waals surface area contributed by atoms with E-state index in [4.69, 9.17) is 16.6 Å². The maximum absolute atomic E-state index is 12.9. The van der Waals surface area contributed by atoms with Gasteiger partial charge in [0.25, 0.3) is 11.7 Å². The van der Waals surface area contributed by atoms with Gasteiger partial charge in [0.05, 0.1) is 11.1 Å². The molecule has 0 fully saturated rings. The number of nitrogens with zero attached hydrogens (tertiary/aromatic N) is 5. The molecule has 6 rings (SSSR count). The Labute approximate surface area is 203 Å². The fourth-order valence-electron chi connectivity index (χ4n) is 3.83. The molecule has 3 N–H and O–H groups in total. The number of nitrogens with one attached hydrogen (secondary N) is 3. The van der Waals surface area contributed by atoms with Crippen molar-refractivity contribution >= 4 is 51.8 Å². The van der Waals surface area contributed by atoms with Gasteiger partial charge < -0.3 is 10.6 Å². The zero-order chi connectivity index (χ0) is 23.8. The summed E-state index contributed by atoms with van der Waals surface area (Å²) in [7, 11) is 0. The highest BCUT2D eigenvalue weighted by Crippen LogP contribution is 2.34. The Morgan fingerprint density at radius 3 is 2.34 bits per heavy atom. The minimum absolute atomic E-state index is 0.273. The lowest BCUT2D eigenvalue weighted by atomic mass is 10.1. The number of anilines is 3. The zero-order valence-electron chi connectivity index (χ0n) is 18.1. The van der Waals surface area contributed by atoms with Gasteiger partial charge in [-0.1, -0.05) is 60.1 Å². The average Bonchev–Trinajstić information content (AvgIpc) is 3.49. The van der Waals surface area contributed by atoms with Crippen LogP contribution in [0.15, 0.2) is 84.9 Å². The number of aromatic nitrogens is 6. The van der Waals surface area contributed by atoms with E-state index < -0.39 is 0 Å². The molecule has 3 aromatic heterocycles. The molecular weight excluding hydrogens is 464 g/mol. The van der Waals surface area contributed by atoms with Crippen molar-refractivity contribution in [1.29, 1.82) is 0 Å². The van der Waals surface area contributed by atoms with E-state index in [2.05, 4.69) is 31.0 Å². The molecule has 0 aliphatic heterocycles. The van der Waals surface area contributed by atoms with Crippen LogP contribution in [0.2, 0.25) is 5.02 Å². The van der Waals surface area contributed by atoms with Crippen LogP contribution in [-0.2, 0) is 0 Å². The number of halogens is 1. The van der Waals surface area contributed by atoms with Crippen molar-refractivity contribution in [2.45, 2.75) is 0 Å². The van der Waals surface area contributed by atoms with Gasteiger partial charge in [-0.2, -0.15) is 5.10 Å². The van der Waals surface area contributed by atoms with Gasteiger partial charge in [-0.15, -0.1) is 10.2 Å². The van der Waals surface area contributed by atoms with Crippen LogP contribution in [0.25, 0.3) is 28.1 Å². The number of rotatable bonds is 5. The molecule has 0 bridgehead atoms. The van der Waals surface area contributed by atoms with E-state index in [0.717, 1.165) is 11.3 Å². The normalized spacial score (nSPS) is 11.1. The number of hydrogen-bond donors (Lipinski definition) is 3. The number of amides is 1. The Bertz CT molecular complexity index is 1660. The molecule has 170 valence electrons. The van der Waals surface area contributed by atoms with Gasteiger partial charge in [-0.25, -0.2) is 9.38 Å². The monoisotopic (exact) mass is 480 g/mol. The third kappa shape index (κ3) is 3.83. The molecule has 0 atom stereocenters. The summed E-state index contributed by atoms with van der Waals surface area (Å²) in [4.78, 5) is 17.7. The second-order valence-electron chi connectivity index (χ2n) is 7.73. The zero-order valence-corrected chi connectivity index (χ0v) is 18.9. The predicted octanol–water partition coefficient (Wildman–Crippen LogP) is 5.32. The Morgan fingerprint density at radius 2 is 1.60 bits per heavy atom. The summed E-state index contributed by atoms with van der Waals surface area (Å²) in [6.45, 7) is 0. The van der Waals surface area contributed by atoms with Gasteiger partial charge in [0.1, 0.15) is 5.82 Å². The number of carbonyl (C=O) groups is 1. The molecular formula is C25H17ClN8O. The molecule has 0 aliphatic carbocycles. The molecule has 6 aromatic rings. The average molecular weight is 481 g/mol. The van der Waals surface area contributed by atoms with Crippen LogP contribution in [0.1, 0.15) is 10.4 Å². The lowest BCUT2D eigenvalue weighted by molar-refractivity contribution is 0.102. The molecule has 3 aromatic carbocycles. The molecule has 0 unspecified atom stereocenters. The summed E-state index contributed by atoms with van der Waals surface area (Å²) >= 11 is 6.11. The van der Waals surface area contributed by atoms with Crippen molar-refractivity contribution in [2.24, 2.45) is 0 Å². The van der Waals surface area contributed by atoms with Crippen LogP contribution in [0, 0.1) is 0 Å². The predicted molar refractivity (Wildman–Crippen MR) is 135 cm³/mol. The van der Waals surface area contributed by atoms with Crippen molar-refractivity contribution < 1.29 is 4.79 Å². The third-order valence-electron chi connectivity index (χ3n) is 5.48. The fourth-order valence-corrected chi connectivity index (χ4v) is 3.96. The van der Waals surface area contributed by atoms with Gasteiger partial charge >= 0.3 is 0 Å². The van der Waals surface area contributed by atoms with E-state index >= 15 is 0 Å². The van der Waals surface area contributed by atoms with Gasteiger partial charge in [0, 0.05) is 21.8 Å². The van der Waals surface area contributed by atoms with Crippen molar-refractivity contribution in [3.8, 4) is 11.3 Å². The summed E-state index contributed by atoms with van der Waals surface area (Å²) in [5, 5.41) is 23.4. The maximum Gasteiger partial charge on any atom is 0.258 e. The van der Waals surface area contributed by atoms with E-state index in [1.807, 2.05) is 60.7 Å². The molecule has 35 heavy (non-hydrogen) atoms. The van der Waals surface area contributed by atoms with E-state index in [-0.39, 0.29) is 5.91 Å². The highest BCUT2D eigenvalue weighted by atomic mass is 35.5. The SMILES string of the molecule is O=C(Nc1[nH]nc2c1c(-c1ccc(Cl)cc1)nc1nnc(Nc3ccccc3)n12)c1ccccc1. The number of para-hydroxylation sites is 1. The fraction of sp³-hybridized carbons (Fsp3) is 0. The van der Waals surface area contributed by atoms with Crippen molar-refractivity contribution in [3.05, 3.63) is 95.5 Å². The van der Waals surface area contributed by atoms with Crippen LogP contribution in [-0.4, -0.2) is 35.7 Å². The molecule has 0 saturated carbocycles. The van der Waals surface area contributed by atoms with Gasteiger partial charge in [-0.3, -0.25) is 9.89 Å². The topological polar surface area (TPSA) is 113 Å². The van der Waals surface area contributed by atoms with E-state index in [1.54, 1.807) is 28.7 Å². The Hall–Kier alpha value is -4.76. The van der Waals surface area contributed by atoms with Crippen molar-refractivity contribution in [2.75, 3.05) is 10.6 Å². The van der Waals surface area contributed by atoms with E-state index in [1.165, 1.54) is 0 Å². The first kappa shape index (κ1) is 20.8. The number of H-pyrrole nitrogens is 1. The van der Waals surface area contributed by atoms with Crippen LogP contribution < -0.4 is 10.6 Å². The van der Waals surface area contributed by atoms with E-state index in [0.29, 0.717) is 44.9 Å². The van der Waals surface area contributed by atoms with Gasteiger partial charge in [-0.05, 0) is 36.4 Å². The molecule has 10 heteroatoms. The number of aromatic amines is 1. The molecule has 0 saturated heterocycles. The summed E-state index contributed by atoms with van der Waals surface area (Å²) in [5.74, 6) is 0.935. The third-order valence-corrected chi connectivity index (χ3v) is 5.73. The maximum atomic E-state index is 12.9. The number of fused-ring (bicyclic) bond motifs is 3. The molecule has 1 amide bonds. The lowest BCUT2D eigenvalue weighted by Crippen LogP contribution is -2.12. The van der Waals surface area contributed by atoms with Crippen molar-refractivity contribution in [3.63, 3.8) is 0 Å². The van der Waals surface area contributed by atoms with E-state index in [9.17, 15) is 4.79 Å². The summed E-state index contributed by atoms with van der Waals surface area (Å²) < 4.78 is 1.70. The Balaban J connectivity index is 1.54. The molecule has 3 heterocycles. The second-order valence-corrected chi connectivity index (χ2v) is 8.17. The number of carbonyl (C=O) groups excluding carboxylic acids is 1. The van der Waals surface area contributed by atoms with Crippen LogP contribution in [0.5, 0.6) is 0 Å². The first-order valence-electron chi connectivity index (χ1n) is 10.7. The number of hydrogen-bond acceptors (Lipinski definition) is 6. The number of benzene rings is 3. The van der Waals surface area contributed by atoms with Gasteiger partial charge in [0.15, 0.2) is 5.65 Å². The molecule has 9 nitrogen and oxygen atoms in total.